The summed E-state index contributed by atoms with van der Waals surface area (Å²) in [6.45, 7) is 11.8. The van der Waals surface area contributed by atoms with E-state index in [2.05, 4.69) is 62.3 Å². The lowest BCUT2D eigenvalue weighted by atomic mass is 10.1. The van der Waals surface area contributed by atoms with Gasteiger partial charge in [0, 0.05) is 35.3 Å². The maximum absolute atomic E-state index is 11.5. The van der Waals surface area contributed by atoms with Crippen LogP contribution in [0, 0.1) is 0 Å². The van der Waals surface area contributed by atoms with Crippen LogP contribution in [0.3, 0.4) is 0 Å². The van der Waals surface area contributed by atoms with Crippen molar-refractivity contribution < 1.29 is 57.6 Å². The van der Waals surface area contributed by atoms with Crippen LogP contribution in [0.25, 0.3) is 0 Å². The zero-order valence-electron chi connectivity index (χ0n) is 41.4. The van der Waals surface area contributed by atoms with Crippen molar-refractivity contribution in [3.05, 3.63) is 117 Å². The van der Waals surface area contributed by atoms with Gasteiger partial charge in [-0.3, -0.25) is 14.4 Å². The van der Waals surface area contributed by atoms with Gasteiger partial charge in [0.25, 0.3) is 0 Å². The van der Waals surface area contributed by atoms with Crippen LogP contribution in [-0.4, -0.2) is 84.9 Å². The lowest BCUT2D eigenvalue weighted by Crippen LogP contribution is -2.23. The fourth-order valence-electron chi connectivity index (χ4n) is 5.47. The molecule has 0 aliphatic carbocycles. The fraction of sp³-hybridized carbons (Fsp3) is 0.234. The lowest BCUT2D eigenvalue weighted by molar-refractivity contribution is -0.150. The van der Waals surface area contributed by atoms with Gasteiger partial charge in [-0.1, -0.05) is 146 Å². The van der Waals surface area contributed by atoms with E-state index >= 15 is 0 Å². The Morgan fingerprint density at radius 3 is 0.987 bits per heavy atom. The molecule has 6 rings (SSSR count). The van der Waals surface area contributed by atoms with E-state index in [9.17, 15) is 28.8 Å². The summed E-state index contributed by atoms with van der Waals surface area (Å²) in [6.07, 6.45) is 0. The number of nitrogens with zero attached hydrogens (tertiary/aromatic N) is 6. The summed E-state index contributed by atoms with van der Waals surface area (Å²) in [4.78, 5) is 63.9. The summed E-state index contributed by atoms with van der Waals surface area (Å²) in [5.74, 6) is -4.41. The zero-order chi connectivity index (χ0) is 58.9. The number of anilines is 3. The van der Waals surface area contributed by atoms with Crippen LogP contribution in [0.1, 0.15) is 76.0 Å². The van der Waals surface area contributed by atoms with Gasteiger partial charge >= 0.3 is 35.0 Å². The highest BCUT2D eigenvalue weighted by Crippen LogP contribution is 2.42. The molecule has 5 N–H and O–H groups in total. The summed E-state index contributed by atoms with van der Waals surface area (Å²) < 4.78 is 25.0. The maximum atomic E-state index is 11.5. The number of carboxylic acid groups (broad SMARTS) is 1. The Hall–Kier alpha value is -5.98. The molecule has 416 valence electrons. The van der Waals surface area contributed by atoms with Crippen molar-refractivity contribution in [1.82, 2.24) is 30.6 Å². The molecule has 0 fully saturated rings. The molecule has 0 aliphatic rings. The standard InChI is InChI=1S/C16H14Cl3N3O4.C15H12Cl3N3O4.C13H12Cl3N3O.C3H3ClO3/c1-7(2)9-6-12(21-22-14(9)19)26-13-10(17)4-8(5-11(13)18)20-15(23)16(24)25-3;1-6(2)8-5-11(20-21-13(8)18)25-12-9(16)3-7(4-10(12)17)19-14(22)15(23)24;1-6(2)8-5-11(18-19-13(8)16)20-12-9(14)3-7(17)4-10(12)15;1-7-3(6)2(4)5/h4-7H,1-3H3,(H,20,23);3-6H,1-2H3,(H,19,22)(H,23,24);3-6H,17H2,1-2H3;1H3. The number of carbonyl (C=O) groups excluding carboxylic acids is 5. The van der Waals surface area contributed by atoms with E-state index < -0.39 is 35.0 Å². The number of nitrogens with one attached hydrogen (secondary N) is 2. The fourth-order valence-corrected chi connectivity index (χ4v) is 8.19. The number of nitrogen functional groups attached to an aromatic ring is 1. The highest BCUT2D eigenvalue weighted by Gasteiger charge is 2.21. The predicted octanol–water partition coefficient (Wildman–Crippen LogP) is 13.7. The van der Waals surface area contributed by atoms with E-state index in [1.807, 2.05) is 41.5 Å². The number of benzene rings is 3. The summed E-state index contributed by atoms with van der Waals surface area (Å²) >= 11 is 59.2. The number of hydrogen-bond donors (Lipinski definition) is 4. The number of hydrogen-bond acceptors (Lipinski definition) is 18. The maximum Gasteiger partial charge on any atom is 0.396 e. The molecule has 3 aromatic carbocycles. The monoisotopic (exact) mass is 1270 g/mol. The summed E-state index contributed by atoms with van der Waals surface area (Å²) in [5.41, 5.74) is 8.73. The molecular weight excluding hydrogens is 1240 g/mol. The smallest absolute Gasteiger partial charge is 0.396 e. The third kappa shape index (κ3) is 20.0. The molecule has 2 amide bonds. The van der Waals surface area contributed by atoms with Gasteiger partial charge in [0.1, 0.15) is 0 Å². The number of esters is 2. The van der Waals surface area contributed by atoms with Crippen LogP contribution in [-0.2, 0) is 38.2 Å². The molecule has 0 saturated carbocycles. The summed E-state index contributed by atoms with van der Waals surface area (Å²) in [7, 11) is 2.18. The molecule has 0 aliphatic heterocycles. The van der Waals surface area contributed by atoms with E-state index in [4.69, 9.17) is 129 Å². The number of methoxy groups -OCH3 is 2. The topological polar surface area (TPSA) is 296 Å². The first kappa shape index (κ1) is 66.3. The molecule has 6 aromatic rings. The van der Waals surface area contributed by atoms with E-state index in [0.717, 1.165) is 30.9 Å². The van der Waals surface area contributed by atoms with Crippen LogP contribution in [0.4, 0.5) is 17.1 Å². The number of ether oxygens (including phenoxy) is 5. The zero-order valence-corrected chi connectivity index (χ0v) is 49.0. The normalized spacial score (nSPS) is 10.4. The Morgan fingerprint density at radius 1 is 0.462 bits per heavy atom. The summed E-state index contributed by atoms with van der Waals surface area (Å²) in [5, 5.41) is 36.8. The Bertz CT molecular complexity index is 3140. The molecule has 3 aromatic heterocycles. The Balaban J connectivity index is 0.000000291. The molecule has 0 atom stereocenters. The molecule has 21 nitrogen and oxygen atoms in total. The minimum atomic E-state index is -1.63. The van der Waals surface area contributed by atoms with Gasteiger partial charge in [0.15, 0.2) is 32.7 Å². The van der Waals surface area contributed by atoms with E-state index in [1.54, 1.807) is 30.3 Å². The van der Waals surface area contributed by atoms with E-state index in [0.29, 0.717) is 20.9 Å². The Morgan fingerprint density at radius 2 is 0.744 bits per heavy atom. The highest BCUT2D eigenvalue weighted by atomic mass is 35.5. The van der Waals surface area contributed by atoms with Crippen LogP contribution < -0.4 is 30.6 Å². The third-order valence-corrected chi connectivity index (χ3v) is 11.9. The number of aromatic nitrogens is 6. The van der Waals surface area contributed by atoms with Crippen molar-refractivity contribution in [1.29, 1.82) is 0 Å². The van der Waals surface area contributed by atoms with Gasteiger partial charge in [-0.15, -0.1) is 30.6 Å². The van der Waals surface area contributed by atoms with E-state index in [-0.39, 0.29) is 94.4 Å². The molecule has 0 saturated heterocycles. The number of carbonyl (C=O) groups is 6. The number of rotatable bonds is 12. The van der Waals surface area contributed by atoms with Gasteiger partial charge in [-0.05, 0) is 82.4 Å². The molecule has 0 radical (unpaired) electrons. The minimum Gasteiger partial charge on any atom is -0.474 e. The number of aliphatic carboxylic acids is 1. The van der Waals surface area contributed by atoms with Crippen LogP contribution in [0.5, 0.6) is 34.9 Å². The minimum absolute atomic E-state index is 0.0519. The lowest BCUT2D eigenvalue weighted by Gasteiger charge is -2.13. The second-order valence-corrected chi connectivity index (χ2v) is 19.7. The van der Waals surface area contributed by atoms with Crippen molar-refractivity contribution >= 4 is 168 Å². The highest BCUT2D eigenvalue weighted by molar-refractivity contribution is 6.80. The molecule has 3 heterocycles. The van der Waals surface area contributed by atoms with Gasteiger partial charge in [-0.2, -0.15) is 0 Å². The number of amides is 2. The van der Waals surface area contributed by atoms with Gasteiger partial charge in [0.05, 0.1) is 44.4 Å². The first-order chi connectivity index (χ1) is 36.5. The van der Waals surface area contributed by atoms with Gasteiger partial charge in [0.2, 0.25) is 17.6 Å². The van der Waals surface area contributed by atoms with Crippen molar-refractivity contribution in [2.75, 3.05) is 30.6 Å². The first-order valence-electron chi connectivity index (χ1n) is 21.5. The van der Waals surface area contributed by atoms with Crippen molar-refractivity contribution in [3.63, 3.8) is 0 Å². The van der Waals surface area contributed by atoms with E-state index in [1.165, 1.54) is 24.3 Å². The molecule has 78 heavy (non-hydrogen) atoms. The quantitative estimate of drug-likeness (QED) is 0.0383. The number of carboxylic acids is 1. The predicted molar refractivity (Wildman–Crippen MR) is 297 cm³/mol. The van der Waals surface area contributed by atoms with Crippen molar-refractivity contribution in [2.24, 2.45) is 0 Å². The molecular formula is C47H41Cl10N9O12. The van der Waals surface area contributed by atoms with Crippen LogP contribution in [0.2, 0.25) is 45.6 Å². The van der Waals surface area contributed by atoms with Gasteiger partial charge < -0.3 is 45.2 Å². The largest absolute Gasteiger partial charge is 0.474 e. The Kier molecular flexibility index (Phi) is 26.3. The van der Waals surface area contributed by atoms with Gasteiger partial charge in [-0.25, -0.2) is 14.4 Å². The van der Waals surface area contributed by atoms with Crippen molar-refractivity contribution in [2.45, 2.75) is 59.3 Å². The second-order valence-electron chi connectivity index (χ2n) is 15.9. The molecule has 0 unspecified atom stereocenters. The first-order valence-corrected chi connectivity index (χ1v) is 25.3. The second kappa shape index (κ2) is 31.0. The third-order valence-electron chi connectivity index (χ3n) is 9.19. The number of nitrogens with two attached hydrogens (primary N) is 1. The summed E-state index contributed by atoms with van der Waals surface area (Å²) in [6, 6.07) is 13.4. The average Bonchev–Trinajstić information content (AvgIpc) is 3.36. The molecule has 31 heteroatoms. The SMILES string of the molecule is CC(C)c1cc(Oc2c(Cl)cc(N)cc2Cl)nnc1Cl.CC(C)c1cc(Oc2c(Cl)cc(NC(=O)C(=O)O)cc2Cl)nnc1Cl.COC(=O)C(=O)Cl.COC(=O)C(=O)Nc1cc(Cl)c(Oc2cc(C(C)C)c(Cl)nn2)c(Cl)c1. The molecule has 0 bridgehead atoms. The number of halogens is 10. The van der Waals surface area contributed by atoms with Crippen LogP contribution >= 0.6 is 116 Å². The molecule has 0 spiro atoms. The average molecular weight is 1280 g/mol. The van der Waals surface area contributed by atoms with Crippen molar-refractivity contribution in [3.8, 4) is 34.9 Å². The van der Waals surface area contributed by atoms with Crippen LogP contribution in [0.15, 0.2) is 54.6 Å². The Labute approximate surface area is 494 Å².